The Morgan fingerprint density at radius 2 is 1.67 bits per heavy atom. The summed E-state index contributed by atoms with van der Waals surface area (Å²) < 4.78 is 16.2. The van der Waals surface area contributed by atoms with E-state index in [0.717, 1.165) is 30.9 Å². The topological polar surface area (TPSA) is 109 Å². The van der Waals surface area contributed by atoms with Gasteiger partial charge in [0, 0.05) is 51.5 Å². The van der Waals surface area contributed by atoms with Crippen LogP contribution in [0.1, 0.15) is 49.3 Å². The summed E-state index contributed by atoms with van der Waals surface area (Å²) in [5, 5.41) is 3.32. The van der Waals surface area contributed by atoms with Crippen LogP contribution in [0.25, 0.3) is 0 Å². The number of aromatic nitrogens is 2. The van der Waals surface area contributed by atoms with Gasteiger partial charge < -0.3 is 29.3 Å². The van der Waals surface area contributed by atoms with Gasteiger partial charge in [-0.05, 0) is 52.3 Å². The molecule has 212 valence electrons. The number of benzene rings is 1. The second-order valence-electron chi connectivity index (χ2n) is 10.7. The largest absolute Gasteiger partial charge is 0.462 e. The average molecular weight is 541 g/mol. The molecule has 1 N–H and O–H groups in total. The first-order valence-electron chi connectivity index (χ1n) is 13.6. The normalized spacial score (nSPS) is 16.6. The van der Waals surface area contributed by atoms with E-state index in [1.165, 1.54) is 0 Å². The third kappa shape index (κ3) is 7.79. The number of amides is 1. The number of ether oxygens (including phenoxy) is 3. The lowest BCUT2D eigenvalue weighted by Crippen LogP contribution is -2.49. The van der Waals surface area contributed by atoms with Gasteiger partial charge in [-0.25, -0.2) is 14.6 Å². The van der Waals surface area contributed by atoms with Gasteiger partial charge in [-0.3, -0.25) is 4.90 Å². The van der Waals surface area contributed by atoms with Gasteiger partial charge in [0.15, 0.2) is 5.82 Å². The van der Waals surface area contributed by atoms with Gasteiger partial charge in [0.2, 0.25) is 5.95 Å². The quantitative estimate of drug-likeness (QED) is 0.523. The minimum Gasteiger partial charge on any atom is -0.462 e. The fourth-order valence-electron chi connectivity index (χ4n) is 4.50. The lowest BCUT2D eigenvalue weighted by Gasteiger charge is -2.35. The van der Waals surface area contributed by atoms with E-state index in [-0.39, 0.29) is 12.7 Å². The lowest BCUT2D eigenvalue weighted by molar-refractivity contribution is 0.0139. The number of rotatable bonds is 7. The van der Waals surface area contributed by atoms with E-state index in [4.69, 9.17) is 19.2 Å². The monoisotopic (exact) mass is 540 g/mol. The van der Waals surface area contributed by atoms with Crippen molar-refractivity contribution in [1.29, 1.82) is 0 Å². The zero-order valence-electron chi connectivity index (χ0n) is 23.7. The van der Waals surface area contributed by atoms with Crippen LogP contribution in [0.2, 0.25) is 0 Å². The number of hydrogen-bond donors (Lipinski definition) is 1. The molecule has 2 fully saturated rings. The number of anilines is 3. The molecule has 0 spiro atoms. The number of nitrogens with one attached hydrogen (secondary N) is 1. The Labute approximate surface area is 230 Å². The van der Waals surface area contributed by atoms with Crippen molar-refractivity contribution in [2.45, 2.75) is 46.8 Å². The van der Waals surface area contributed by atoms with Crippen molar-refractivity contribution in [1.82, 2.24) is 19.8 Å². The number of aryl methyl sites for hydroxylation is 1. The van der Waals surface area contributed by atoms with Gasteiger partial charge in [-0.2, -0.15) is 4.98 Å². The number of carbonyl (C=O) groups is 2. The van der Waals surface area contributed by atoms with Gasteiger partial charge in [0.25, 0.3) is 0 Å². The molecule has 2 saturated heterocycles. The molecule has 1 aromatic carbocycles. The standard InChI is InChI=1S/C28H40N6O5/c1-6-38-25(35)23-20(2)29-26(33-15-17-37-18-16-33)31-24(23)30-22-9-7-21(8-10-22)19-32-11-13-34(14-12-32)27(36)39-28(3,4)5/h7-10H,6,11-19H2,1-5H3,(H,29,30,31). The highest BCUT2D eigenvalue weighted by atomic mass is 16.6. The first kappa shape index (κ1) is 28.6. The number of morpholine rings is 1. The molecule has 1 amide bonds. The van der Waals surface area contributed by atoms with Crippen molar-refractivity contribution in [2.75, 3.05) is 69.3 Å². The summed E-state index contributed by atoms with van der Waals surface area (Å²) in [4.78, 5) is 40.5. The number of nitrogens with zero attached hydrogens (tertiary/aromatic N) is 5. The smallest absolute Gasteiger partial charge is 0.410 e. The van der Waals surface area contributed by atoms with Crippen molar-refractivity contribution in [3.63, 3.8) is 0 Å². The lowest BCUT2D eigenvalue weighted by atomic mass is 10.1. The Hall–Kier alpha value is -3.44. The fourth-order valence-corrected chi connectivity index (χ4v) is 4.50. The van der Waals surface area contributed by atoms with Gasteiger partial charge in [0.1, 0.15) is 11.2 Å². The van der Waals surface area contributed by atoms with Crippen LogP contribution < -0.4 is 10.2 Å². The van der Waals surface area contributed by atoms with Crippen molar-refractivity contribution < 1.29 is 23.8 Å². The first-order chi connectivity index (χ1) is 18.6. The Morgan fingerprint density at radius 3 is 2.28 bits per heavy atom. The van der Waals surface area contributed by atoms with E-state index in [1.807, 2.05) is 32.9 Å². The molecule has 0 bridgehead atoms. The van der Waals surface area contributed by atoms with Gasteiger partial charge >= 0.3 is 12.1 Å². The highest BCUT2D eigenvalue weighted by molar-refractivity contribution is 5.96. The molecular weight excluding hydrogens is 500 g/mol. The molecule has 39 heavy (non-hydrogen) atoms. The first-order valence-corrected chi connectivity index (χ1v) is 13.6. The Kier molecular flexibility index (Phi) is 9.24. The van der Waals surface area contributed by atoms with Crippen molar-refractivity contribution in [2.24, 2.45) is 0 Å². The molecule has 0 saturated carbocycles. The predicted molar refractivity (Wildman–Crippen MR) is 149 cm³/mol. The highest BCUT2D eigenvalue weighted by Crippen LogP contribution is 2.26. The molecule has 0 aliphatic carbocycles. The van der Waals surface area contributed by atoms with Crippen LogP contribution in [-0.2, 0) is 20.8 Å². The number of carbonyl (C=O) groups excluding carboxylic acids is 2. The van der Waals surface area contributed by atoms with Gasteiger partial charge in [-0.15, -0.1) is 0 Å². The molecule has 0 atom stereocenters. The second-order valence-corrected chi connectivity index (χ2v) is 10.7. The summed E-state index contributed by atoms with van der Waals surface area (Å²) in [6, 6.07) is 8.08. The number of esters is 1. The summed E-state index contributed by atoms with van der Waals surface area (Å²) in [5.41, 5.74) is 2.38. The summed E-state index contributed by atoms with van der Waals surface area (Å²) in [5.74, 6) is 0.537. The molecule has 1 aromatic heterocycles. The molecule has 3 heterocycles. The molecule has 2 aliphatic heterocycles. The third-order valence-corrected chi connectivity index (χ3v) is 6.50. The Morgan fingerprint density at radius 1 is 1.00 bits per heavy atom. The van der Waals surface area contributed by atoms with Crippen molar-refractivity contribution in [3.8, 4) is 0 Å². The van der Waals surface area contributed by atoms with Crippen LogP contribution in [0, 0.1) is 6.92 Å². The molecule has 11 nitrogen and oxygen atoms in total. The van der Waals surface area contributed by atoms with E-state index < -0.39 is 11.6 Å². The average Bonchev–Trinajstić information content (AvgIpc) is 2.89. The van der Waals surface area contributed by atoms with E-state index in [9.17, 15) is 9.59 Å². The molecule has 0 radical (unpaired) electrons. The maximum absolute atomic E-state index is 12.8. The van der Waals surface area contributed by atoms with Crippen LogP contribution in [0.5, 0.6) is 0 Å². The van der Waals surface area contributed by atoms with Crippen LogP contribution in [0.15, 0.2) is 24.3 Å². The maximum Gasteiger partial charge on any atom is 0.410 e. The molecule has 11 heteroatoms. The maximum atomic E-state index is 12.8. The Bertz CT molecular complexity index is 1140. The Balaban J connectivity index is 1.41. The van der Waals surface area contributed by atoms with Crippen LogP contribution >= 0.6 is 0 Å². The van der Waals surface area contributed by atoms with Gasteiger partial charge in [-0.1, -0.05) is 12.1 Å². The fraction of sp³-hybridized carbons (Fsp3) is 0.571. The SMILES string of the molecule is CCOC(=O)c1c(C)nc(N2CCOCC2)nc1Nc1ccc(CN2CCN(C(=O)OC(C)(C)C)CC2)cc1. The van der Waals surface area contributed by atoms with Gasteiger partial charge in [0.05, 0.1) is 25.5 Å². The summed E-state index contributed by atoms with van der Waals surface area (Å²) in [6.45, 7) is 15.7. The zero-order valence-corrected chi connectivity index (χ0v) is 23.7. The van der Waals surface area contributed by atoms with E-state index in [0.29, 0.717) is 62.4 Å². The van der Waals surface area contributed by atoms with Crippen molar-refractivity contribution >= 4 is 29.5 Å². The highest BCUT2D eigenvalue weighted by Gasteiger charge is 2.26. The van der Waals surface area contributed by atoms with Crippen LogP contribution in [-0.4, -0.2) is 96.5 Å². The van der Waals surface area contributed by atoms with Crippen LogP contribution in [0.3, 0.4) is 0 Å². The van der Waals surface area contributed by atoms with E-state index in [1.54, 1.807) is 18.7 Å². The van der Waals surface area contributed by atoms with E-state index >= 15 is 0 Å². The summed E-state index contributed by atoms with van der Waals surface area (Å²) in [7, 11) is 0. The molecule has 0 unspecified atom stereocenters. The summed E-state index contributed by atoms with van der Waals surface area (Å²) in [6.07, 6.45) is -0.253. The molecule has 2 aliphatic rings. The van der Waals surface area contributed by atoms with E-state index in [2.05, 4.69) is 32.2 Å². The number of hydrogen-bond acceptors (Lipinski definition) is 10. The van der Waals surface area contributed by atoms with Crippen molar-refractivity contribution in [3.05, 3.63) is 41.1 Å². The minimum atomic E-state index is -0.490. The summed E-state index contributed by atoms with van der Waals surface area (Å²) >= 11 is 0. The molecule has 2 aromatic rings. The van der Waals surface area contributed by atoms with Crippen LogP contribution in [0.4, 0.5) is 22.2 Å². The second kappa shape index (κ2) is 12.6. The zero-order chi connectivity index (χ0) is 28.0. The third-order valence-electron chi connectivity index (χ3n) is 6.50. The molecule has 4 rings (SSSR count). The number of piperazine rings is 1. The molecular formula is C28H40N6O5. The minimum absolute atomic E-state index is 0.253. The predicted octanol–water partition coefficient (Wildman–Crippen LogP) is 3.59.